The Bertz CT molecular complexity index is 381. The minimum absolute atomic E-state index is 0.656. The first kappa shape index (κ1) is 11.8. The highest BCUT2D eigenvalue weighted by Gasteiger charge is 2.21. The fraction of sp³-hybridized carbons (Fsp3) is 0.600. The van der Waals surface area contributed by atoms with E-state index in [0.717, 1.165) is 6.54 Å². The summed E-state index contributed by atoms with van der Waals surface area (Å²) in [5.74, 6) is 0. The molecule has 1 aromatic rings. The van der Waals surface area contributed by atoms with Crippen molar-refractivity contribution in [3.05, 3.63) is 24.3 Å². The zero-order chi connectivity index (χ0) is 12.4. The van der Waals surface area contributed by atoms with Crippen LogP contribution in [0.25, 0.3) is 0 Å². The lowest BCUT2D eigenvalue weighted by molar-refractivity contribution is 0.617. The predicted molar refractivity (Wildman–Crippen MR) is 77.6 cm³/mol. The van der Waals surface area contributed by atoms with E-state index in [0.29, 0.717) is 6.04 Å². The molecule has 1 aromatic carbocycles. The molecule has 2 aliphatic heterocycles. The molecule has 0 radical (unpaired) electrons. The molecule has 3 nitrogen and oxygen atoms in total. The fourth-order valence-corrected chi connectivity index (χ4v) is 3.08. The maximum Gasteiger partial charge on any atom is 0.0368 e. The van der Waals surface area contributed by atoms with Gasteiger partial charge in [0.15, 0.2) is 0 Å². The zero-order valence-electron chi connectivity index (χ0n) is 11.2. The van der Waals surface area contributed by atoms with E-state index in [-0.39, 0.29) is 0 Å². The van der Waals surface area contributed by atoms with Gasteiger partial charge >= 0.3 is 0 Å². The molecule has 0 aliphatic carbocycles. The summed E-state index contributed by atoms with van der Waals surface area (Å²) >= 11 is 0. The Labute approximate surface area is 110 Å². The summed E-state index contributed by atoms with van der Waals surface area (Å²) in [4.78, 5) is 4.97. The van der Waals surface area contributed by atoms with Crippen LogP contribution >= 0.6 is 0 Å². The average Bonchev–Trinajstić information content (AvgIpc) is 3.10. The van der Waals surface area contributed by atoms with Gasteiger partial charge in [-0.25, -0.2) is 0 Å². The highest BCUT2D eigenvalue weighted by molar-refractivity contribution is 5.57. The van der Waals surface area contributed by atoms with Gasteiger partial charge < -0.3 is 15.1 Å². The lowest BCUT2D eigenvalue weighted by Gasteiger charge is -2.21. The van der Waals surface area contributed by atoms with Crippen molar-refractivity contribution in [2.24, 2.45) is 0 Å². The highest BCUT2D eigenvalue weighted by atomic mass is 15.2. The molecule has 2 aliphatic rings. The summed E-state index contributed by atoms with van der Waals surface area (Å²) in [5, 5.41) is 3.37. The standard InChI is InChI=1S/C15H23N3/c1-16-13-8-11-18(12-13)15-6-4-14(5-7-15)17-9-2-3-10-17/h4-7,13,16H,2-3,8-12H2,1H3. The molecule has 1 N–H and O–H groups in total. The van der Waals surface area contributed by atoms with Crippen LogP contribution in [0.15, 0.2) is 24.3 Å². The van der Waals surface area contributed by atoms with E-state index < -0.39 is 0 Å². The van der Waals surface area contributed by atoms with Crippen LogP contribution in [0.2, 0.25) is 0 Å². The number of benzene rings is 1. The molecular weight excluding hydrogens is 222 g/mol. The lowest BCUT2D eigenvalue weighted by Crippen LogP contribution is -2.29. The van der Waals surface area contributed by atoms with Crippen molar-refractivity contribution in [2.45, 2.75) is 25.3 Å². The van der Waals surface area contributed by atoms with Gasteiger partial charge in [-0.05, 0) is 50.6 Å². The molecule has 1 unspecified atom stereocenters. The van der Waals surface area contributed by atoms with Crippen LogP contribution in [0.5, 0.6) is 0 Å². The number of hydrogen-bond acceptors (Lipinski definition) is 3. The van der Waals surface area contributed by atoms with E-state index in [1.807, 2.05) is 0 Å². The van der Waals surface area contributed by atoms with Gasteiger partial charge in [-0.1, -0.05) is 0 Å². The van der Waals surface area contributed by atoms with Gasteiger partial charge in [-0.15, -0.1) is 0 Å². The molecule has 0 amide bonds. The van der Waals surface area contributed by atoms with Crippen LogP contribution in [0, 0.1) is 0 Å². The second-order valence-electron chi connectivity index (χ2n) is 5.43. The molecule has 0 saturated carbocycles. The Kier molecular flexibility index (Phi) is 3.41. The summed E-state index contributed by atoms with van der Waals surface area (Å²) in [6, 6.07) is 9.79. The molecular formula is C15H23N3. The Balaban J connectivity index is 1.67. The molecule has 3 heteroatoms. The van der Waals surface area contributed by atoms with Crippen molar-refractivity contribution < 1.29 is 0 Å². The molecule has 18 heavy (non-hydrogen) atoms. The average molecular weight is 245 g/mol. The second-order valence-corrected chi connectivity index (χ2v) is 5.43. The highest BCUT2D eigenvalue weighted by Crippen LogP contribution is 2.25. The summed E-state index contributed by atoms with van der Waals surface area (Å²) in [5.41, 5.74) is 2.76. The fourth-order valence-electron chi connectivity index (χ4n) is 3.08. The Morgan fingerprint density at radius 2 is 1.56 bits per heavy atom. The number of rotatable bonds is 3. The summed E-state index contributed by atoms with van der Waals surface area (Å²) < 4.78 is 0. The molecule has 0 aromatic heterocycles. The second kappa shape index (κ2) is 5.19. The van der Waals surface area contributed by atoms with E-state index in [9.17, 15) is 0 Å². The first-order valence-electron chi connectivity index (χ1n) is 7.14. The van der Waals surface area contributed by atoms with Crippen LogP contribution in [-0.4, -0.2) is 39.3 Å². The van der Waals surface area contributed by atoms with Gasteiger partial charge in [0.05, 0.1) is 0 Å². The zero-order valence-corrected chi connectivity index (χ0v) is 11.2. The van der Waals surface area contributed by atoms with Gasteiger partial charge in [0.25, 0.3) is 0 Å². The van der Waals surface area contributed by atoms with Gasteiger partial charge in [-0.2, -0.15) is 0 Å². The first-order valence-corrected chi connectivity index (χ1v) is 7.14. The van der Waals surface area contributed by atoms with Gasteiger partial charge in [0.1, 0.15) is 0 Å². The van der Waals surface area contributed by atoms with Crippen molar-refractivity contribution in [3.63, 3.8) is 0 Å². The normalized spacial score (nSPS) is 23.9. The molecule has 2 heterocycles. The molecule has 0 spiro atoms. The Morgan fingerprint density at radius 3 is 2.11 bits per heavy atom. The maximum atomic E-state index is 3.37. The number of nitrogens with zero attached hydrogens (tertiary/aromatic N) is 2. The topological polar surface area (TPSA) is 18.5 Å². The van der Waals surface area contributed by atoms with Crippen molar-refractivity contribution in [3.8, 4) is 0 Å². The van der Waals surface area contributed by atoms with E-state index >= 15 is 0 Å². The maximum absolute atomic E-state index is 3.37. The molecule has 98 valence electrons. The Hall–Kier alpha value is -1.22. The number of hydrogen-bond donors (Lipinski definition) is 1. The van der Waals surface area contributed by atoms with Crippen LogP contribution in [0.3, 0.4) is 0 Å². The molecule has 1 atom stereocenters. The van der Waals surface area contributed by atoms with E-state index in [4.69, 9.17) is 0 Å². The summed E-state index contributed by atoms with van der Waals surface area (Å²) in [7, 11) is 2.06. The minimum atomic E-state index is 0.656. The smallest absolute Gasteiger partial charge is 0.0368 e. The van der Waals surface area contributed by atoms with Crippen LogP contribution in [0.4, 0.5) is 11.4 Å². The first-order chi connectivity index (χ1) is 8.86. The van der Waals surface area contributed by atoms with Gasteiger partial charge in [0, 0.05) is 43.6 Å². The molecule has 2 fully saturated rings. The Morgan fingerprint density at radius 1 is 0.944 bits per heavy atom. The molecule has 2 saturated heterocycles. The molecule has 0 bridgehead atoms. The van der Waals surface area contributed by atoms with E-state index in [2.05, 4.69) is 46.4 Å². The van der Waals surface area contributed by atoms with Crippen LogP contribution in [-0.2, 0) is 0 Å². The van der Waals surface area contributed by atoms with E-state index in [1.54, 1.807) is 0 Å². The van der Waals surface area contributed by atoms with Crippen molar-refractivity contribution in [2.75, 3.05) is 43.0 Å². The minimum Gasteiger partial charge on any atom is -0.372 e. The van der Waals surface area contributed by atoms with Crippen LogP contribution < -0.4 is 15.1 Å². The largest absolute Gasteiger partial charge is 0.372 e. The third-order valence-corrected chi connectivity index (χ3v) is 4.28. The number of likely N-dealkylation sites (N-methyl/N-ethyl adjacent to an activating group) is 1. The summed E-state index contributed by atoms with van der Waals surface area (Å²) in [6.07, 6.45) is 3.94. The predicted octanol–water partition coefficient (Wildman–Crippen LogP) is 2.08. The van der Waals surface area contributed by atoms with Gasteiger partial charge in [-0.3, -0.25) is 0 Å². The van der Waals surface area contributed by atoms with E-state index in [1.165, 1.54) is 50.3 Å². The number of nitrogens with one attached hydrogen (secondary N) is 1. The SMILES string of the molecule is CNC1CCN(c2ccc(N3CCCC3)cc2)C1. The molecule has 3 rings (SSSR count). The quantitative estimate of drug-likeness (QED) is 0.879. The summed E-state index contributed by atoms with van der Waals surface area (Å²) in [6.45, 7) is 4.77. The third-order valence-electron chi connectivity index (χ3n) is 4.28. The van der Waals surface area contributed by atoms with Crippen molar-refractivity contribution in [1.82, 2.24) is 5.32 Å². The van der Waals surface area contributed by atoms with Crippen LogP contribution in [0.1, 0.15) is 19.3 Å². The van der Waals surface area contributed by atoms with Gasteiger partial charge in [0.2, 0.25) is 0 Å². The lowest BCUT2D eigenvalue weighted by atomic mass is 10.2. The van der Waals surface area contributed by atoms with Crippen molar-refractivity contribution >= 4 is 11.4 Å². The monoisotopic (exact) mass is 245 g/mol. The third kappa shape index (κ3) is 2.32. The van der Waals surface area contributed by atoms with Crippen molar-refractivity contribution in [1.29, 1.82) is 0 Å². The number of anilines is 2.